The quantitative estimate of drug-likeness (QED) is 0.766. The molecule has 1 saturated heterocycles. The van der Waals surface area contributed by atoms with Crippen molar-refractivity contribution in [2.24, 2.45) is 0 Å². The molecule has 140 valence electrons. The minimum absolute atomic E-state index is 0.0389. The normalized spacial score (nSPS) is 18.0. The van der Waals surface area contributed by atoms with Crippen LogP contribution >= 0.6 is 0 Å². The van der Waals surface area contributed by atoms with E-state index in [9.17, 15) is 0 Å². The summed E-state index contributed by atoms with van der Waals surface area (Å²) in [6.07, 6.45) is 5.54. The molecule has 0 aliphatic carbocycles. The number of rotatable bonds is 4. The van der Waals surface area contributed by atoms with E-state index in [0.717, 1.165) is 61.1 Å². The molecule has 0 amide bonds. The molecule has 0 radical (unpaired) electrons. The minimum Gasteiger partial charge on any atom is -0.454 e. The van der Waals surface area contributed by atoms with E-state index in [2.05, 4.69) is 27.5 Å². The van der Waals surface area contributed by atoms with Crippen LogP contribution in [-0.2, 0) is 10.2 Å². The predicted octanol–water partition coefficient (Wildman–Crippen LogP) is 2.93. The fourth-order valence-electron chi connectivity index (χ4n) is 3.99. The Hall–Kier alpha value is -2.80. The van der Waals surface area contributed by atoms with Gasteiger partial charge in [0.1, 0.15) is 5.52 Å². The van der Waals surface area contributed by atoms with E-state index < -0.39 is 0 Å². The lowest BCUT2D eigenvalue weighted by Gasteiger charge is -2.38. The molecule has 4 heterocycles. The van der Waals surface area contributed by atoms with E-state index >= 15 is 0 Å². The molecule has 3 aromatic rings. The molecular formula is C20H22N4O3. The maximum Gasteiger partial charge on any atom is 0.231 e. The molecule has 0 saturated carbocycles. The van der Waals surface area contributed by atoms with Crippen LogP contribution in [0, 0.1) is 6.92 Å². The first-order chi connectivity index (χ1) is 13.2. The van der Waals surface area contributed by atoms with Crippen LogP contribution in [0.25, 0.3) is 5.52 Å². The number of ether oxygens (including phenoxy) is 3. The molecule has 0 spiro atoms. The SMILES string of the molecule is Cc1cc2c(NCC3(c4ccc5c(c4)OCO5)CCOCC3)nccn2n1. The fraction of sp³-hybridized carbons (Fsp3) is 0.400. The Kier molecular flexibility index (Phi) is 3.89. The van der Waals surface area contributed by atoms with Crippen LogP contribution in [0.5, 0.6) is 11.5 Å². The van der Waals surface area contributed by atoms with Crippen LogP contribution in [0.15, 0.2) is 36.7 Å². The first-order valence-corrected chi connectivity index (χ1v) is 9.26. The fourth-order valence-corrected chi connectivity index (χ4v) is 3.99. The van der Waals surface area contributed by atoms with Gasteiger partial charge >= 0.3 is 0 Å². The lowest BCUT2D eigenvalue weighted by molar-refractivity contribution is 0.0543. The highest BCUT2D eigenvalue weighted by atomic mass is 16.7. The average molecular weight is 366 g/mol. The summed E-state index contributed by atoms with van der Waals surface area (Å²) in [6, 6.07) is 8.32. The number of fused-ring (bicyclic) bond motifs is 2. The van der Waals surface area contributed by atoms with Gasteiger partial charge in [0.2, 0.25) is 6.79 Å². The van der Waals surface area contributed by atoms with E-state index in [-0.39, 0.29) is 5.41 Å². The predicted molar refractivity (Wildman–Crippen MR) is 101 cm³/mol. The first kappa shape index (κ1) is 16.4. The van der Waals surface area contributed by atoms with Gasteiger partial charge in [0, 0.05) is 37.6 Å². The van der Waals surface area contributed by atoms with Crippen LogP contribution in [0.1, 0.15) is 24.1 Å². The molecule has 2 aromatic heterocycles. The Bertz CT molecular complexity index is 979. The molecule has 5 rings (SSSR count). The molecule has 0 atom stereocenters. The minimum atomic E-state index is -0.0389. The van der Waals surface area contributed by atoms with Crippen molar-refractivity contribution in [2.45, 2.75) is 25.2 Å². The van der Waals surface area contributed by atoms with Gasteiger partial charge in [0.05, 0.1) is 5.69 Å². The molecular weight excluding hydrogens is 344 g/mol. The molecule has 1 aromatic carbocycles. The maximum atomic E-state index is 5.65. The third kappa shape index (κ3) is 2.88. The monoisotopic (exact) mass is 366 g/mol. The zero-order valence-corrected chi connectivity index (χ0v) is 15.3. The highest BCUT2D eigenvalue weighted by molar-refractivity contribution is 5.68. The second-order valence-electron chi connectivity index (χ2n) is 7.21. The van der Waals surface area contributed by atoms with Crippen LogP contribution in [0.2, 0.25) is 0 Å². The van der Waals surface area contributed by atoms with Gasteiger partial charge in [0.15, 0.2) is 17.3 Å². The zero-order chi connectivity index (χ0) is 18.3. The van der Waals surface area contributed by atoms with E-state index in [1.807, 2.05) is 29.8 Å². The Balaban J connectivity index is 1.47. The topological polar surface area (TPSA) is 69.9 Å². The maximum absolute atomic E-state index is 5.65. The Morgan fingerprint density at radius 2 is 2.00 bits per heavy atom. The summed E-state index contributed by atoms with van der Waals surface area (Å²) in [6.45, 7) is 4.55. The summed E-state index contributed by atoms with van der Waals surface area (Å²) in [4.78, 5) is 4.54. The Labute approximate surface area is 157 Å². The third-order valence-corrected chi connectivity index (χ3v) is 5.54. The molecule has 2 aliphatic heterocycles. The summed E-state index contributed by atoms with van der Waals surface area (Å²) < 4.78 is 18.6. The number of nitrogens with zero attached hydrogens (tertiary/aromatic N) is 3. The van der Waals surface area contributed by atoms with Crippen molar-refractivity contribution in [3.8, 4) is 11.5 Å². The number of hydrogen-bond acceptors (Lipinski definition) is 6. The van der Waals surface area contributed by atoms with Gasteiger partial charge in [-0.3, -0.25) is 0 Å². The molecule has 7 nitrogen and oxygen atoms in total. The van der Waals surface area contributed by atoms with Crippen molar-refractivity contribution in [1.29, 1.82) is 0 Å². The largest absolute Gasteiger partial charge is 0.454 e. The molecule has 2 aliphatic rings. The van der Waals surface area contributed by atoms with Crippen molar-refractivity contribution >= 4 is 11.3 Å². The van der Waals surface area contributed by atoms with Gasteiger partial charge in [-0.15, -0.1) is 0 Å². The van der Waals surface area contributed by atoms with Crippen molar-refractivity contribution < 1.29 is 14.2 Å². The molecule has 0 bridgehead atoms. The second-order valence-corrected chi connectivity index (χ2v) is 7.21. The summed E-state index contributed by atoms with van der Waals surface area (Å²) in [5.41, 5.74) is 3.17. The van der Waals surface area contributed by atoms with Crippen LogP contribution in [0.4, 0.5) is 5.82 Å². The molecule has 27 heavy (non-hydrogen) atoms. The summed E-state index contributed by atoms with van der Waals surface area (Å²) in [7, 11) is 0. The van der Waals surface area contributed by atoms with Crippen LogP contribution in [0.3, 0.4) is 0 Å². The Morgan fingerprint density at radius 1 is 1.15 bits per heavy atom. The van der Waals surface area contributed by atoms with Crippen molar-refractivity contribution in [3.05, 3.63) is 47.9 Å². The van der Waals surface area contributed by atoms with Crippen molar-refractivity contribution in [1.82, 2.24) is 14.6 Å². The molecule has 1 N–H and O–H groups in total. The number of aryl methyl sites for hydroxylation is 1. The summed E-state index contributed by atoms with van der Waals surface area (Å²) in [5, 5.41) is 8.05. The van der Waals surface area contributed by atoms with Gasteiger partial charge < -0.3 is 19.5 Å². The zero-order valence-electron chi connectivity index (χ0n) is 15.3. The second kappa shape index (κ2) is 6.42. The first-order valence-electron chi connectivity index (χ1n) is 9.26. The van der Waals surface area contributed by atoms with E-state index in [0.29, 0.717) is 6.79 Å². The number of hydrogen-bond donors (Lipinski definition) is 1. The number of anilines is 1. The third-order valence-electron chi connectivity index (χ3n) is 5.54. The molecule has 0 unspecified atom stereocenters. The smallest absolute Gasteiger partial charge is 0.231 e. The summed E-state index contributed by atoms with van der Waals surface area (Å²) in [5.74, 6) is 2.49. The Morgan fingerprint density at radius 3 is 2.89 bits per heavy atom. The molecule has 7 heteroatoms. The summed E-state index contributed by atoms with van der Waals surface area (Å²) >= 11 is 0. The van der Waals surface area contributed by atoms with Crippen molar-refractivity contribution in [3.63, 3.8) is 0 Å². The van der Waals surface area contributed by atoms with Crippen molar-refractivity contribution in [2.75, 3.05) is 31.9 Å². The van der Waals surface area contributed by atoms with E-state index in [1.165, 1.54) is 5.56 Å². The van der Waals surface area contributed by atoms with E-state index in [4.69, 9.17) is 14.2 Å². The van der Waals surface area contributed by atoms with Crippen LogP contribution in [-0.4, -0.2) is 41.1 Å². The van der Waals surface area contributed by atoms with Gasteiger partial charge in [-0.05, 0) is 43.5 Å². The number of nitrogens with one attached hydrogen (secondary N) is 1. The molecule has 1 fully saturated rings. The standard InChI is InChI=1S/C20H22N4O3/c1-14-10-16-19(21-6-7-24(16)23-14)22-12-20(4-8-25-9-5-20)15-2-3-17-18(11-15)27-13-26-17/h2-3,6-7,10-11H,4-5,8-9,12-13H2,1H3,(H,21,22). The highest BCUT2D eigenvalue weighted by Crippen LogP contribution is 2.41. The average Bonchev–Trinajstić information content (AvgIpc) is 3.32. The lowest BCUT2D eigenvalue weighted by atomic mass is 9.74. The van der Waals surface area contributed by atoms with Gasteiger partial charge in [-0.25, -0.2) is 9.50 Å². The van der Waals surface area contributed by atoms with Crippen LogP contribution < -0.4 is 14.8 Å². The number of benzene rings is 1. The number of aromatic nitrogens is 3. The van der Waals surface area contributed by atoms with Gasteiger partial charge in [-0.1, -0.05) is 6.07 Å². The lowest BCUT2D eigenvalue weighted by Crippen LogP contribution is -2.40. The van der Waals surface area contributed by atoms with Gasteiger partial charge in [0.25, 0.3) is 0 Å². The highest BCUT2D eigenvalue weighted by Gasteiger charge is 2.35. The van der Waals surface area contributed by atoms with Gasteiger partial charge in [-0.2, -0.15) is 5.10 Å². The van der Waals surface area contributed by atoms with E-state index in [1.54, 1.807) is 6.20 Å².